The second kappa shape index (κ2) is 8.34. The van der Waals surface area contributed by atoms with Crippen LogP contribution in [0, 0.1) is 0 Å². The normalized spacial score (nSPS) is 11.5. The highest BCUT2D eigenvalue weighted by Crippen LogP contribution is 2.30. The number of likely N-dealkylation sites (N-methyl/N-ethyl adjacent to an activating group) is 1. The Morgan fingerprint density at radius 3 is 2.45 bits per heavy atom. The lowest BCUT2D eigenvalue weighted by atomic mass is 9.98. The van der Waals surface area contributed by atoms with Crippen molar-refractivity contribution in [2.45, 2.75) is 46.1 Å². The largest absolute Gasteiger partial charge is 0.477 e. The Labute approximate surface area is 124 Å². The molecule has 0 aliphatic carbocycles. The van der Waals surface area contributed by atoms with Crippen LogP contribution in [-0.2, 0) is 6.54 Å². The van der Waals surface area contributed by atoms with Crippen LogP contribution in [0.25, 0.3) is 0 Å². The summed E-state index contributed by atoms with van der Waals surface area (Å²) in [5.41, 5.74) is 0.725. The van der Waals surface area contributed by atoms with E-state index in [1.807, 2.05) is 6.92 Å². The summed E-state index contributed by atoms with van der Waals surface area (Å²) in [6, 6.07) is 0. The monoisotopic (exact) mass is 300 g/mol. The van der Waals surface area contributed by atoms with Crippen molar-refractivity contribution in [3.8, 4) is 0 Å². The van der Waals surface area contributed by atoms with E-state index in [4.69, 9.17) is 5.11 Å². The van der Waals surface area contributed by atoms with E-state index in [1.165, 1.54) is 11.3 Å². The van der Waals surface area contributed by atoms with Crippen molar-refractivity contribution in [2.75, 3.05) is 19.7 Å². The molecule has 0 atom stereocenters. The van der Waals surface area contributed by atoms with Gasteiger partial charge >= 0.3 is 5.97 Å². The van der Waals surface area contributed by atoms with Crippen molar-refractivity contribution >= 4 is 17.3 Å². The first kappa shape index (κ1) is 17.1. The van der Waals surface area contributed by atoms with Crippen molar-refractivity contribution < 1.29 is 15.0 Å². The Bertz CT molecular complexity index is 430. The number of hydrogen-bond donors (Lipinski definition) is 2. The molecule has 0 aliphatic rings. The Kier molecular flexibility index (Phi) is 7.12. The predicted octanol–water partition coefficient (Wildman–Crippen LogP) is 2.56. The van der Waals surface area contributed by atoms with Crippen LogP contribution in [0.2, 0.25) is 0 Å². The van der Waals surface area contributed by atoms with Gasteiger partial charge in [0.05, 0.1) is 18.8 Å². The van der Waals surface area contributed by atoms with E-state index in [-0.39, 0.29) is 12.5 Å². The van der Waals surface area contributed by atoms with Crippen LogP contribution in [0.4, 0.5) is 0 Å². The zero-order valence-electron chi connectivity index (χ0n) is 12.4. The van der Waals surface area contributed by atoms with Gasteiger partial charge in [-0.25, -0.2) is 9.78 Å². The first-order chi connectivity index (χ1) is 9.57. The number of nitrogens with zero attached hydrogens (tertiary/aromatic N) is 2. The molecule has 0 saturated heterocycles. The number of carboxylic acids is 1. The Hall–Kier alpha value is -0.980. The fourth-order valence-electron chi connectivity index (χ4n) is 2.23. The molecule has 0 aliphatic heterocycles. The van der Waals surface area contributed by atoms with Gasteiger partial charge in [-0.2, -0.15) is 0 Å². The van der Waals surface area contributed by atoms with Crippen molar-refractivity contribution in [1.29, 1.82) is 0 Å². The number of aliphatic hydroxyl groups excluding tert-OH is 1. The number of rotatable bonds is 9. The van der Waals surface area contributed by atoms with Crippen LogP contribution in [0.5, 0.6) is 0 Å². The topological polar surface area (TPSA) is 73.7 Å². The molecule has 0 spiro atoms. The number of aromatic nitrogens is 1. The minimum Gasteiger partial charge on any atom is -0.477 e. The molecule has 1 heterocycles. The fourth-order valence-corrected chi connectivity index (χ4v) is 3.26. The summed E-state index contributed by atoms with van der Waals surface area (Å²) < 4.78 is 0. The second-order valence-electron chi connectivity index (χ2n) is 4.73. The SMILES string of the molecule is CCC(CC)c1nc(CN(CC)CCO)sc1C(=O)O. The number of carbonyl (C=O) groups is 1. The molecule has 0 amide bonds. The maximum Gasteiger partial charge on any atom is 0.347 e. The van der Waals surface area contributed by atoms with E-state index in [2.05, 4.69) is 23.7 Å². The van der Waals surface area contributed by atoms with Crippen LogP contribution in [0.3, 0.4) is 0 Å². The van der Waals surface area contributed by atoms with Gasteiger partial charge in [0.2, 0.25) is 0 Å². The predicted molar refractivity (Wildman–Crippen MR) is 80.4 cm³/mol. The number of hydrogen-bond acceptors (Lipinski definition) is 5. The third-order valence-electron chi connectivity index (χ3n) is 3.49. The summed E-state index contributed by atoms with van der Waals surface area (Å²) in [6.07, 6.45) is 1.79. The number of aliphatic hydroxyl groups is 1. The minimum atomic E-state index is -0.888. The quantitative estimate of drug-likeness (QED) is 0.733. The summed E-state index contributed by atoms with van der Waals surface area (Å²) in [4.78, 5) is 18.4. The molecule has 0 fully saturated rings. The number of thiazole rings is 1. The lowest BCUT2D eigenvalue weighted by Crippen LogP contribution is -2.26. The number of carboxylic acid groups (broad SMARTS) is 1. The highest BCUT2D eigenvalue weighted by Gasteiger charge is 2.23. The molecule has 0 radical (unpaired) electrons. The molecule has 1 rings (SSSR count). The molecule has 5 nitrogen and oxygen atoms in total. The summed E-state index contributed by atoms with van der Waals surface area (Å²) in [7, 11) is 0. The van der Waals surface area contributed by atoms with Gasteiger partial charge in [-0.05, 0) is 19.4 Å². The summed E-state index contributed by atoms with van der Waals surface area (Å²) in [5.74, 6) is -0.681. The third kappa shape index (κ3) is 4.26. The molecule has 0 aromatic carbocycles. The molecule has 1 aromatic heterocycles. The molecule has 20 heavy (non-hydrogen) atoms. The standard InChI is InChI=1S/C14H24N2O3S/c1-4-10(5-2)12-13(14(18)19)20-11(15-12)9-16(6-3)7-8-17/h10,17H,4-9H2,1-3H3,(H,18,19). The Morgan fingerprint density at radius 1 is 1.35 bits per heavy atom. The molecular formula is C14H24N2O3S. The van der Waals surface area contributed by atoms with Gasteiger partial charge in [-0.1, -0.05) is 20.8 Å². The van der Waals surface area contributed by atoms with Crippen LogP contribution < -0.4 is 0 Å². The Morgan fingerprint density at radius 2 is 2.00 bits per heavy atom. The molecule has 6 heteroatoms. The van der Waals surface area contributed by atoms with Gasteiger partial charge < -0.3 is 10.2 Å². The zero-order chi connectivity index (χ0) is 15.1. The lowest BCUT2D eigenvalue weighted by Gasteiger charge is -2.17. The van der Waals surface area contributed by atoms with Crippen molar-refractivity contribution in [3.05, 3.63) is 15.6 Å². The zero-order valence-corrected chi connectivity index (χ0v) is 13.2. The van der Waals surface area contributed by atoms with E-state index in [0.717, 1.165) is 30.1 Å². The van der Waals surface area contributed by atoms with Crippen LogP contribution >= 0.6 is 11.3 Å². The minimum absolute atomic E-state index is 0.102. The van der Waals surface area contributed by atoms with Gasteiger partial charge in [0.25, 0.3) is 0 Å². The van der Waals surface area contributed by atoms with E-state index >= 15 is 0 Å². The van der Waals surface area contributed by atoms with Crippen LogP contribution in [0.1, 0.15) is 59.9 Å². The maximum absolute atomic E-state index is 11.4. The van der Waals surface area contributed by atoms with Crippen molar-refractivity contribution in [3.63, 3.8) is 0 Å². The van der Waals surface area contributed by atoms with E-state index < -0.39 is 5.97 Å². The molecule has 0 saturated carbocycles. The maximum atomic E-state index is 11.4. The molecule has 0 bridgehead atoms. The molecule has 114 valence electrons. The van der Waals surface area contributed by atoms with Crippen molar-refractivity contribution in [2.24, 2.45) is 0 Å². The average molecular weight is 300 g/mol. The van der Waals surface area contributed by atoms with Crippen LogP contribution in [-0.4, -0.2) is 45.8 Å². The summed E-state index contributed by atoms with van der Waals surface area (Å²) in [6.45, 7) is 8.23. The first-order valence-corrected chi connectivity index (χ1v) is 7.94. The van der Waals surface area contributed by atoms with Gasteiger partial charge in [-0.15, -0.1) is 11.3 Å². The van der Waals surface area contributed by atoms with Crippen molar-refractivity contribution in [1.82, 2.24) is 9.88 Å². The van der Waals surface area contributed by atoms with Crippen LogP contribution in [0.15, 0.2) is 0 Å². The highest BCUT2D eigenvalue weighted by molar-refractivity contribution is 7.13. The fraction of sp³-hybridized carbons (Fsp3) is 0.714. The van der Waals surface area contributed by atoms with E-state index in [0.29, 0.717) is 18.0 Å². The van der Waals surface area contributed by atoms with Gasteiger partial charge in [0, 0.05) is 12.5 Å². The summed E-state index contributed by atoms with van der Waals surface area (Å²) >= 11 is 1.26. The first-order valence-electron chi connectivity index (χ1n) is 7.13. The molecule has 1 aromatic rings. The average Bonchev–Trinajstić information content (AvgIpc) is 2.84. The Balaban J connectivity index is 2.99. The highest BCUT2D eigenvalue weighted by atomic mass is 32.1. The van der Waals surface area contributed by atoms with Gasteiger partial charge in [0.1, 0.15) is 9.88 Å². The molecule has 0 unspecified atom stereocenters. The van der Waals surface area contributed by atoms with E-state index in [9.17, 15) is 9.90 Å². The number of aromatic carboxylic acids is 1. The third-order valence-corrected chi connectivity index (χ3v) is 4.53. The second-order valence-corrected chi connectivity index (χ2v) is 5.82. The lowest BCUT2D eigenvalue weighted by molar-refractivity contribution is 0.0700. The molecular weight excluding hydrogens is 276 g/mol. The summed E-state index contributed by atoms with van der Waals surface area (Å²) in [5, 5.41) is 19.2. The smallest absolute Gasteiger partial charge is 0.347 e. The van der Waals surface area contributed by atoms with Gasteiger partial charge in [0.15, 0.2) is 0 Å². The van der Waals surface area contributed by atoms with Gasteiger partial charge in [-0.3, -0.25) is 4.90 Å². The molecule has 2 N–H and O–H groups in total. The van der Waals surface area contributed by atoms with E-state index in [1.54, 1.807) is 0 Å².